The molecule has 0 unspecified atom stereocenters. The first-order chi connectivity index (χ1) is 7.15. The Labute approximate surface area is 94.7 Å². The fraction of sp³-hybridized carbons (Fsp3) is 0.154. The number of nitrogens with zero attached hydrogens (tertiary/aromatic N) is 1. The quantitative estimate of drug-likeness (QED) is 0.658. The fourth-order valence-electron chi connectivity index (χ4n) is 1.69. The molecule has 76 valence electrons. The Morgan fingerprint density at radius 3 is 2.27 bits per heavy atom. The lowest BCUT2D eigenvalue weighted by Gasteiger charge is -2.04. The van der Waals surface area contributed by atoms with Crippen molar-refractivity contribution < 1.29 is 0 Å². The summed E-state index contributed by atoms with van der Waals surface area (Å²) in [5.41, 5.74) is 4.53. The van der Waals surface area contributed by atoms with Gasteiger partial charge in [-0.25, -0.2) is 4.98 Å². The van der Waals surface area contributed by atoms with Crippen LogP contribution in [0.3, 0.4) is 0 Å². The molecule has 2 heteroatoms. The second-order valence-electron chi connectivity index (χ2n) is 3.72. The van der Waals surface area contributed by atoms with Crippen molar-refractivity contribution in [2.45, 2.75) is 13.8 Å². The summed E-state index contributed by atoms with van der Waals surface area (Å²) in [5.74, 6) is 0. The van der Waals surface area contributed by atoms with Crippen LogP contribution in [0.25, 0.3) is 11.3 Å². The van der Waals surface area contributed by atoms with Crippen molar-refractivity contribution in [3.63, 3.8) is 0 Å². The van der Waals surface area contributed by atoms with Crippen LogP contribution in [0.1, 0.15) is 11.1 Å². The van der Waals surface area contributed by atoms with Gasteiger partial charge in [-0.15, -0.1) is 0 Å². The van der Waals surface area contributed by atoms with Crippen LogP contribution in [0, 0.1) is 13.8 Å². The number of halogens is 1. The fourth-order valence-corrected chi connectivity index (χ4v) is 1.86. The molecule has 0 aliphatic heterocycles. The largest absolute Gasteiger partial charge is 0.236 e. The molecule has 0 aliphatic rings. The third-order valence-electron chi connectivity index (χ3n) is 2.23. The summed E-state index contributed by atoms with van der Waals surface area (Å²) in [6.07, 6.45) is 0. The molecule has 1 aromatic carbocycles. The van der Waals surface area contributed by atoms with Crippen LogP contribution in [-0.2, 0) is 0 Å². The minimum absolute atomic E-state index is 0.534. The van der Waals surface area contributed by atoms with E-state index >= 15 is 0 Å². The highest BCUT2D eigenvalue weighted by atomic mass is 35.5. The molecule has 0 saturated carbocycles. The minimum atomic E-state index is 0.534. The third kappa shape index (κ3) is 2.37. The Kier molecular flexibility index (Phi) is 2.74. The van der Waals surface area contributed by atoms with Crippen LogP contribution in [0.15, 0.2) is 36.4 Å². The van der Waals surface area contributed by atoms with Gasteiger partial charge in [0.25, 0.3) is 0 Å². The number of benzene rings is 1. The smallest absolute Gasteiger partial charge is 0.129 e. The molecule has 2 aromatic rings. The molecular formula is C13H12ClN. The lowest BCUT2D eigenvalue weighted by molar-refractivity contribution is 1.30. The summed E-state index contributed by atoms with van der Waals surface area (Å²) >= 11 is 5.86. The highest BCUT2D eigenvalue weighted by Crippen LogP contribution is 2.21. The molecule has 0 fully saturated rings. The average Bonchev–Trinajstić information content (AvgIpc) is 2.16. The van der Waals surface area contributed by atoms with Crippen molar-refractivity contribution in [3.05, 3.63) is 52.7 Å². The second-order valence-corrected chi connectivity index (χ2v) is 4.11. The predicted octanol–water partition coefficient (Wildman–Crippen LogP) is 4.02. The zero-order valence-electron chi connectivity index (χ0n) is 8.79. The molecule has 1 heterocycles. The number of aromatic nitrogens is 1. The van der Waals surface area contributed by atoms with Gasteiger partial charge in [-0.05, 0) is 38.1 Å². The molecular weight excluding hydrogens is 206 g/mol. The minimum Gasteiger partial charge on any atom is -0.236 e. The first-order valence-electron chi connectivity index (χ1n) is 4.86. The zero-order valence-corrected chi connectivity index (χ0v) is 9.55. The molecule has 1 nitrogen and oxygen atoms in total. The van der Waals surface area contributed by atoms with Gasteiger partial charge in [0.05, 0.1) is 5.69 Å². The predicted molar refractivity (Wildman–Crippen MR) is 64.2 cm³/mol. The van der Waals surface area contributed by atoms with Crippen molar-refractivity contribution in [1.29, 1.82) is 0 Å². The van der Waals surface area contributed by atoms with Crippen molar-refractivity contribution >= 4 is 11.6 Å². The Morgan fingerprint density at radius 1 is 1.00 bits per heavy atom. The second kappa shape index (κ2) is 4.03. The summed E-state index contributed by atoms with van der Waals surface area (Å²) in [6, 6.07) is 12.1. The molecule has 0 N–H and O–H groups in total. The Hall–Kier alpha value is -1.34. The van der Waals surface area contributed by atoms with Crippen molar-refractivity contribution in [2.24, 2.45) is 0 Å². The van der Waals surface area contributed by atoms with E-state index in [1.54, 1.807) is 6.07 Å². The monoisotopic (exact) mass is 217 g/mol. The van der Waals surface area contributed by atoms with E-state index in [1.165, 1.54) is 11.1 Å². The summed E-state index contributed by atoms with van der Waals surface area (Å²) in [5, 5.41) is 0.534. The van der Waals surface area contributed by atoms with E-state index in [-0.39, 0.29) is 0 Å². The van der Waals surface area contributed by atoms with E-state index in [2.05, 4.69) is 37.0 Å². The first-order valence-corrected chi connectivity index (χ1v) is 5.24. The van der Waals surface area contributed by atoms with Gasteiger partial charge in [-0.1, -0.05) is 34.9 Å². The average molecular weight is 218 g/mol. The van der Waals surface area contributed by atoms with E-state index in [0.29, 0.717) is 5.15 Å². The number of hydrogen-bond donors (Lipinski definition) is 0. The van der Waals surface area contributed by atoms with E-state index in [4.69, 9.17) is 11.6 Å². The van der Waals surface area contributed by atoms with Crippen LogP contribution >= 0.6 is 11.6 Å². The summed E-state index contributed by atoms with van der Waals surface area (Å²) < 4.78 is 0. The van der Waals surface area contributed by atoms with Crippen molar-refractivity contribution in [2.75, 3.05) is 0 Å². The standard InChI is InChI=1S/C13H12ClN/c1-9-6-10(2)8-11(7-9)12-4-3-5-13(14)15-12/h3-8H,1-2H3. The molecule has 15 heavy (non-hydrogen) atoms. The highest BCUT2D eigenvalue weighted by molar-refractivity contribution is 6.29. The van der Waals surface area contributed by atoms with Crippen LogP contribution in [0.2, 0.25) is 5.15 Å². The lowest BCUT2D eigenvalue weighted by Crippen LogP contribution is -1.86. The molecule has 2 rings (SSSR count). The van der Waals surface area contributed by atoms with Gasteiger partial charge in [0, 0.05) is 5.56 Å². The molecule has 0 amide bonds. The van der Waals surface area contributed by atoms with Gasteiger partial charge in [-0.2, -0.15) is 0 Å². The number of hydrogen-bond acceptors (Lipinski definition) is 1. The molecule has 0 aliphatic carbocycles. The van der Waals surface area contributed by atoms with Crippen LogP contribution in [-0.4, -0.2) is 4.98 Å². The maximum atomic E-state index is 5.86. The van der Waals surface area contributed by atoms with E-state index < -0.39 is 0 Å². The molecule has 0 saturated heterocycles. The Balaban J connectivity index is 2.54. The van der Waals surface area contributed by atoms with Crippen molar-refractivity contribution in [1.82, 2.24) is 4.98 Å². The van der Waals surface area contributed by atoms with E-state index in [9.17, 15) is 0 Å². The highest BCUT2D eigenvalue weighted by Gasteiger charge is 2.01. The Bertz CT molecular complexity index is 471. The summed E-state index contributed by atoms with van der Waals surface area (Å²) in [6.45, 7) is 4.17. The molecule has 0 bridgehead atoms. The van der Waals surface area contributed by atoms with Crippen molar-refractivity contribution in [3.8, 4) is 11.3 Å². The molecule has 1 aromatic heterocycles. The van der Waals surface area contributed by atoms with Gasteiger partial charge in [0.2, 0.25) is 0 Å². The third-order valence-corrected chi connectivity index (χ3v) is 2.44. The molecule has 0 spiro atoms. The number of rotatable bonds is 1. The van der Waals surface area contributed by atoms with Gasteiger partial charge in [-0.3, -0.25) is 0 Å². The lowest BCUT2D eigenvalue weighted by atomic mass is 10.0. The van der Waals surface area contributed by atoms with Gasteiger partial charge >= 0.3 is 0 Å². The van der Waals surface area contributed by atoms with E-state index in [0.717, 1.165) is 11.3 Å². The molecule has 0 radical (unpaired) electrons. The SMILES string of the molecule is Cc1cc(C)cc(-c2cccc(Cl)n2)c1. The summed E-state index contributed by atoms with van der Waals surface area (Å²) in [4.78, 5) is 4.29. The topological polar surface area (TPSA) is 12.9 Å². The summed E-state index contributed by atoms with van der Waals surface area (Å²) in [7, 11) is 0. The zero-order chi connectivity index (χ0) is 10.8. The molecule has 0 atom stereocenters. The maximum Gasteiger partial charge on any atom is 0.129 e. The Morgan fingerprint density at radius 2 is 1.67 bits per heavy atom. The van der Waals surface area contributed by atoms with Gasteiger partial charge in [0.1, 0.15) is 5.15 Å². The normalized spacial score (nSPS) is 10.3. The van der Waals surface area contributed by atoms with Gasteiger partial charge < -0.3 is 0 Å². The van der Waals surface area contributed by atoms with Crippen LogP contribution in [0.4, 0.5) is 0 Å². The number of aryl methyl sites for hydroxylation is 2. The van der Waals surface area contributed by atoms with Crippen LogP contribution in [0.5, 0.6) is 0 Å². The maximum absolute atomic E-state index is 5.86. The van der Waals surface area contributed by atoms with Crippen LogP contribution < -0.4 is 0 Å². The first kappa shape index (κ1) is 10.2. The van der Waals surface area contributed by atoms with E-state index in [1.807, 2.05) is 12.1 Å². The van der Waals surface area contributed by atoms with Gasteiger partial charge in [0.15, 0.2) is 0 Å². The number of pyridine rings is 1.